The van der Waals surface area contributed by atoms with E-state index in [1.165, 1.54) is 14.2 Å². The third-order valence-electron chi connectivity index (χ3n) is 3.95. The van der Waals surface area contributed by atoms with Crippen LogP contribution in [0.4, 0.5) is 11.4 Å². The molecule has 0 aliphatic rings. The summed E-state index contributed by atoms with van der Waals surface area (Å²) >= 11 is 12.1. The lowest BCUT2D eigenvalue weighted by atomic mass is 10.1. The monoisotopic (exact) mass is 439 g/mol. The molecule has 0 fully saturated rings. The molecule has 7 nitrogen and oxygen atoms in total. The Kier molecular flexibility index (Phi) is 8.42. The first kappa shape index (κ1) is 22.6. The van der Waals surface area contributed by atoms with Gasteiger partial charge in [-0.05, 0) is 24.6 Å². The largest absolute Gasteiger partial charge is 0.495 e. The zero-order valence-electron chi connectivity index (χ0n) is 16.4. The Bertz CT molecular complexity index is 890. The Balaban J connectivity index is 2.12. The number of halogens is 2. The molecule has 2 aromatic carbocycles. The van der Waals surface area contributed by atoms with Gasteiger partial charge in [0.25, 0.3) is 5.91 Å². The number of amides is 2. The van der Waals surface area contributed by atoms with E-state index < -0.39 is 0 Å². The van der Waals surface area contributed by atoms with Crippen molar-refractivity contribution in [3.05, 3.63) is 45.9 Å². The van der Waals surface area contributed by atoms with Gasteiger partial charge in [-0.1, -0.05) is 30.1 Å². The summed E-state index contributed by atoms with van der Waals surface area (Å²) in [7, 11) is 2.95. The summed E-state index contributed by atoms with van der Waals surface area (Å²) in [4.78, 5) is 24.8. The van der Waals surface area contributed by atoms with Crippen molar-refractivity contribution in [3.8, 4) is 11.5 Å². The van der Waals surface area contributed by atoms with Gasteiger partial charge in [0.2, 0.25) is 5.91 Å². The number of ether oxygens (including phenoxy) is 2. The molecule has 2 rings (SSSR count). The van der Waals surface area contributed by atoms with Crippen molar-refractivity contribution in [2.75, 3.05) is 37.9 Å². The van der Waals surface area contributed by atoms with Crippen LogP contribution in [0.25, 0.3) is 0 Å². The van der Waals surface area contributed by atoms with Crippen LogP contribution in [-0.4, -0.2) is 39.1 Å². The van der Waals surface area contributed by atoms with Gasteiger partial charge in [-0.25, -0.2) is 0 Å². The molecule has 29 heavy (non-hydrogen) atoms. The third-order valence-corrected chi connectivity index (χ3v) is 4.48. The van der Waals surface area contributed by atoms with Gasteiger partial charge in [0.1, 0.15) is 11.5 Å². The minimum Gasteiger partial charge on any atom is -0.495 e. The molecule has 0 unspecified atom stereocenters. The third kappa shape index (κ3) is 6.17. The highest BCUT2D eigenvalue weighted by molar-refractivity contribution is 6.32. The van der Waals surface area contributed by atoms with Crippen LogP contribution in [0.2, 0.25) is 10.0 Å². The summed E-state index contributed by atoms with van der Waals surface area (Å²) < 4.78 is 10.4. The number of anilines is 2. The molecule has 0 radical (unpaired) electrons. The lowest BCUT2D eigenvalue weighted by Crippen LogP contribution is -2.27. The SMILES string of the molecule is CCCNC(=O)c1ccc(Cl)cc1NCC(=O)Nc1cc(OC)c(Cl)cc1OC. The van der Waals surface area contributed by atoms with E-state index in [-0.39, 0.29) is 18.4 Å². The van der Waals surface area contributed by atoms with Gasteiger partial charge in [-0.15, -0.1) is 0 Å². The van der Waals surface area contributed by atoms with E-state index in [1.807, 2.05) is 6.92 Å². The molecule has 156 valence electrons. The van der Waals surface area contributed by atoms with Crippen molar-refractivity contribution >= 4 is 46.4 Å². The smallest absolute Gasteiger partial charge is 0.253 e. The summed E-state index contributed by atoms with van der Waals surface area (Å²) in [5.41, 5.74) is 1.27. The molecule has 0 aliphatic heterocycles. The fourth-order valence-corrected chi connectivity index (χ4v) is 2.93. The van der Waals surface area contributed by atoms with Crippen molar-refractivity contribution in [3.63, 3.8) is 0 Å². The second-order valence-electron chi connectivity index (χ2n) is 6.03. The van der Waals surface area contributed by atoms with E-state index in [9.17, 15) is 9.59 Å². The first-order valence-corrected chi connectivity index (χ1v) is 9.68. The van der Waals surface area contributed by atoms with Crippen molar-refractivity contribution in [2.24, 2.45) is 0 Å². The highest BCUT2D eigenvalue weighted by Crippen LogP contribution is 2.35. The molecule has 0 bridgehead atoms. The maximum atomic E-state index is 12.4. The average Bonchev–Trinajstić information content (AvgIpc) is 2.71. The molecular formula is C20H23Cl2N3O4. The molecule has 2 amide bonds. The fourth-order valence-electron chi connectivity index (χ4n) is 2.52. The normalized spacial score (nSPS) is 10.2. The molecule has 0 heterocycles. The van der Waals surface area contributed by atoms with Crippen molar-refractivity contribution in [2.45, 2.75) is 13.3 Å². The van der Waals surface area contributed by atoms with Gasteiger partial charge in [0, 0.05) is 29.4 Å². The number of hydrogen-bond donors (Lipinski definition) is 3. The summed E-state index contributed by atoms with van der Waals surface area (Å²) in [5, 5.41) is 9.30. The number of carbonyl (C=O) groups is 2. The Morgan fingerprint density at radius 3 is 2.38 bits per heavy atom. The number of methoxy groups -OCH3 is 2. The van der Waals surface area contributed by atoms with Crippen LogP contribution in [0.3, 0.4) is 0 Å². The Labute approximate surface area is 179 Å². The van der Waals surface area contributed by atoms with E-state index in [1.54, 1.807) is 30.3 Å². The number of benzene rings is 2. The van der Waals surface area contributed by atoms with Gasteiger partial charge >= 0.3 is 0 Å². The minimum absolute atomic E-state index is 0.0947. The molecule has 0 atom stereocenters. The predicted octanol–water partition coefficient (Wildman–Crippen LogP) is 4.20. The van der Waals surface area contributed by atoms with Crippen LogP contribution in [0.5, 0.6) is 11.5 Å². The average molecular weight is 440 g/mol. The standard InChI is InChI=1S/C20H23Cl2N3O4/c1-4-7-23-20(27)13-6-5-12(21)8-15(13)24-11-19(26)25-16-10-17(28-2)14(22)9-18(16)29-3/h5-6,8-10,24H,4,7,11H2,1-3H3,(H,23,27)(H,25,26). The highest BCUT2D eigenvalue weighted by atomic mass is 35.5. The van der Waals surface area contributed by atoms with Crippen molar-refractivity contribution in [1.82, 2.24) is 5.32 Å². The highest BCUT2D eigenvalue weighted by Gasteiger charge is 2.15. The zero-order chi connectivity index (χ0) is 21.4. The Morgan fingerprint density at radius 2 is 1.72 bits per heavy atom. The summed E-state index contributed by atoms with van der Waals surface area (Å²) in [6, 6.07) is 7.96. The lowest BCUT2D eigenvalue weighted by Gasteiger charge is -2.15. The van der Waals surface area contributed by atoms with E-state index >= 15 is 0 Å². The second kappa shape index (κ2) is 10.8. The lowest BCUT2D eigenvalue weighted by molar-refractivity contribution is -0.114. The van der Waals surface area contributed by atoms with Crippen molar-refractivity contribution in [1.29, 1.82) is 0 Å². The first-order valence-electron chi connectivity index (χ1n) is 8.92. The molecule has 3 N–H and O–H groups in total. The molecule has 2 aromatic rings. The first-order chi connectivity index (χ1) is 13.9. The number of rotatable bonds is 9. The molecule has 0 spiro atoms. The topological polar surface area (TPSA) is 88.7 Å². The zero-order valence-corrected chi connectivity index (χ0v) is 17.9. The van der Waals surface area contributed by atoms with E-state index in [2.05, 4.69) is 16.0 Å². The van der Waals surface area contributed by atoms with Gasteiger partial charge in [-0.3, -0.25) is 9.59 Å². The quantitative estimate of drug-likeness (QED) is 0.544. The van der Waals surface area contributed by atoms with Gasteiger partial charge < -0.3 is 25.4 Å². The van der Waals surface area contributed by atoms with Crippen LogP contribution >= 0.6 is 23.2 Å². The van der Waals surface area contributed by atoms with Crippen LogP contribution in [0, 0.1) is 0 Å². The fraction of sp³-hybridized carbons (Fsp3) is 0.300. The van der Waals surface area contributed by atoms with Gasteiger partial charge in [-0.2, -0.15) is 0 Å². The predicted molar refractivity (Wildman–Crippen MR) is 116 cm³/mol. The summed E-state index contributed by atoms with van der Waals surface area (Å²) in [6.45, 7) is 2.42. The van der Waals surface area contributed by atoms with E-state index in [4.69, 9.17) is 32.7 Å². The van der Waals surface area contributed by atoms with E-state index in [0.717, 1.165) is 6.42 Å². The van der Waals surface area contributed by atoms with Crippen LogP contribution in [0.15, 0.2) is 30.3 Å². The molecule has 0 aliphatic carbocycles. The molecular weight excluding hydrogens is 417 g/mol. The van der Waals surface area contributed by atoms with Crippen LogP contribution < -0.4 is 25.4 Å². The summed E-state index contributed by atoms with van der Waals surface area (Å²) in [5.74, 6) is 0.204. The molecule has 9 heteroatoms. The molecule has 0 saturated carbocycles. The maximum absolute atomic E-state index is 12.4. The second-order valence-corrected chi connectivity index (χ2v) is 6.88. The number of hydrogen-bond acceptors (Lipinski definition) is 5. The van der Waals surface area contributed by atoms with E-state index in [0.29, 0.717) is 45.0 Å². The molecule has 0 aromatic heterocycles. The summed E-state index contributed by atoms with van der Waals surface area (Å²) in [6.07, 6.45) is 0.816. The van der Waals surface area contributed by atoms with Crippen LogP contribution in [-0.2, 0) is 4.79 Å². The Hall–Kier alpha value is -2.64. The van der Waals surface area contributed by atoms with Crippen LogP contribution in [0.1, 0.15) is 23.7 Å². The number of nitrogens with one attached hydrogen (secondary N) is 3. The Morgan fingerprint density at radius 1 is 1.00 bits per heavy atom. The van der Waals surface area contributed by atoms with Gasteiger partial charge in [0.15, 0.2) is 0 Å². The number of carbonyl (C=O) groups excluding carboxylic acids is 2. The minimum atomic E-state index is -0.354. The van der Waals surface area contributed by atoms with Crippen molar-refractivity contribution < 1.29 is 19.1 Å². The molecule has 0 saturated heterocycles. The van der Waals surface area contributed by atoms with Gasteiger partial charge in [0.05, 0.1) is 37.0 Å². The maximum Gasteiger partial charge on any atom is 0.253 e.